The second-order valence-electron chi connectivity index (χ2n) is 2.83. The average molecular weight is 224 g/mol. The van der Waals surface area contributed by atoms with Crippen LogP contribution in [0.2, 0.25) is 0 Å². The van der Waals surface area contributed by atoms with Crippen LogP contribution < -0.4 is 5.32 Å². The number of carboxylic acid groups (broad SMARTS) is 1. The number of aromatic carboxylic acids is 1. The first-order valence-electron chi connectivity index (χ1n) is 4.10. The van der Waals surface area contributed by atoms with Gasteiger partial charge in [-0.25, -0.2) is 9.78 Å². The molecule has 0 spiro atoms. The fourth-order valence-electron chi connectivity index (χ4n) is 1.09. The van der Waals surface area contributed by atoms with E-state index in [0.29, 0.717) is 10.8 Å². The Morgan fingerprint density at radius 1 is 1.67 bits per heavy atom. The highest BCUT2D eigenvalue weighted by molar-refractivity contribution is 7.14. The molecule has 0 amide bonds. The Bertz CT molecular complexity index is 490. The van der Waals surface area contributed by atoms with Gasteiger partial charge in [0.05, 0.1) is 5.51 Å². The van der Waals surface area contributed by atoms with Crippen molar-refractivity contribution in [3.8, 4) is 0 Å². The number of hydrogen-bond donors (Lipinski definition) is 2. The Labute approximate surface area is 89.2 Å². The van der Waals surface area contributed by atoms with Crippen LogP contribution in [0.5, 0.6) is 0 Å². The van der Waals surface area contributed by atoms with Gasteiger partial charge >= 0.3 is 5.97 Å². The second-order valence-corrected chi connectivity index (χ2v) is 3.69. The number of hydrogen-bond acceptors (Lipinski definition) is 5. The van der Waals surface area contributed by atoms with Crippen LogP contribution in [0.3, 0.4) is 0 Å². The molecule has 2 aromatic rings. The van der Waals surface area contributed by atoms with E-state index in [9.17, 15) is 4.79 Å². The summed E-state index contributed by atoms with van der Waals surface area (Å²) in [7, 11) is 1.79. The molecule has 2 aromatic heterocycles. The van der Waals surface area contributed by atoms with Gasteiger partial charge in [0.2, 0.25) is 0 Å². The third kappa shape index (κ3) is 1.96. The van der Waals surface area contributed by atoms with Gasteiger partial charge < -0.3 is 10.4 Å². The topological polar surface area (TPSA) is 80.0 Å². The maximum Gasteiger partial charge on any atom is 0.357 e. The van der Waals surface area contributed by atoms with Crippen LogP contribution in [0.25, 0.3) is 0 Å². The predicted octanol–water partition coefficient (Wildman–Crippen LogP) is 1.32. The van der Waals surface area contributed by atoms with Crippen molar-refractivity contribution in [2.45, 2.75) is 0 Å². The fraction of sp³-hybridized carbons (Fsp3) is 0.125. The highest BCUT2D eigenvalue weighted by atomic mass is 32.1. The number of carboxylic acids is 1. The van der Waals surface area contributed by atoms with Gasteiger partial charge in [-0.15, -0.1) is 11.3 Å². The third-order valence-corrected chi connectivity index (χ3v) is 2.47. The quantitative estimate of drug-likeness (QED) is 0.821. The van der Waals surface area contributed by atoms with Gasteiger partial charge in [-0.3, -0.25) is 4.68 Å². The van der Waals surface area contributed by atoms with Gasteiger partial charge in [0.25, 0.3) is 0 Å². The minimum Gasteiger partial charge on any atom is -0.476 e. The number of nitrogens with zero attached hydrogens (tertiary/aromatic N) is 3. The minimum atomic E-state index is -1.05. The van der Waals surface area contributed by atoms with Crippen LogP contribution in [0.15, 0.2) is 17.8 Å². The van der Waals surface area contributed by atoms with Crippen LogP contribution in [-0.4, -0.2) is 25.8 Å². The molecule has 0 radical (unpaired) electrons. The van der Waals surface area contributed by atoms with Crippen molar-refractivity contribution in [1.82, 2.24) is 14.8 Å². The zero-order chi connectivity index (χ0) is 10.8. The molecular formula is C8H8N4O2S. The number of nitrogens with one attached hydrogen (secondary N) is 1. The first-order chi connectivity index (χ1) is 7.16. The molecule has 6 nitrogen and oxygen atoms in total. The summed E-state index contributed by atoms with van der Waals surface area (Å²) >= 11 is 1.23. The lowest BCUT2D eigenvalue weighted by Gasteiger charge is -1.99. The molecule has 0 atom stereocenters. The van der Waals surface area contributed by atoms with Crippen molar-refractivity contribution in [3.05, 3.63) is 23.5 Å². The SMILES string of the molecule is Cn1ccc(Nc2scnc2C(=O)O)n1. The Balaban J connectivity index is 2.24. The smallest absolute Gasteiger partial charge is 0.357 e. The molecule has 15 heavy (non-hydrogen) atoms. The zero-order valence-corrected chi connectivity index (χ0v) is 8.65. The molecule has 0 aromatic carbocycles. The van der Waals surface area contributed by atoms with Crippen LogP contribution in [0.1, 0.15) is 10.5 Å². The molecule has 2 N–H and O–H groups in total. The van der Waals surface area contributed by atoms with Gasteiger partial charge in [0.15, 0.2) is 11.5 Å². The molecule has 78 valence electrons. The number of anilines is 2. The summed E-state index contributed by atoms with van der Waals surface area (Å²) < 4.78 is 1.63. The lowest BCUT2D eigenvalue weighted by atomic mass is 10.4. The number of thiazole rings is 1. The van der Waals surface area contributed by atoms with Crippen molar-refractivity contribution in [3.63, 3.8) is 0 Å². The summed E-state index contributed by atoms with van der Waals surface area (Å²) in [5.41, 5.74) is 1.50. The summed E-state index contributed by atoms with van der Waals surface area (Å²) in [6.45, 7) is 0. The van der Waals surface area contributed by atoms with E-state index in [4.69, 9.17) is 5.11 Å². The molecule has 0 aliphatic carbocycles. The first-order valence-corrected chi connectivity index (χ1v) is 4.98. The third-order valence-electron chi connectivity index (χ3n) is 1.73. The van der Waals surface area contributed by atoms with Gasteiger partial charge in [0, 0.05) is 19.3 Å². The predicted molar refractivity (Wildman–Crippen MR) is 55.6 cm³/mol. The Hall–Kier alpha value is -1.89. The van der Waals surface area contributed by atoms with Crippen molar-refractivity contribution < 1.29 is 9.90 Å². The van der Waals surface area contributed by atoms with Crippen molar-refractivity contribution in [2.75, 3.05) is 5.32 Å². The van der Waals surface area contributed by atoms with Crippen molar-refractivity contribution in [2.24, 2.45) is 7.05 Å². The van der Waals surface area contributed by atoms with E-state index in [1.165, 1.54) is 16.8 Å². The van der Waals surface area contributed by atoms with Crippen LogP contribution in [0.4, 0.5) is 10.8 Å². The molecular weight excluding hydrogens is 216 g/mol. The van der Waals surface area contributed by atoms with Crippen LogP contribution >= 0.6 is 11.3 Å². The Morgan fingerprint density at radius 2 is 2.47 bits per heavy atom. The van der Waals surface area contributed by atoms with E-state index in [0.717, 1.165) is 0 Å². The highest BCUT2D eigenvalue weighted by Crippen LogP contribution is 2.23. The van der Waals surface area contributed by atoms with Crippen molar-refractivity contribution >= 4 is 28.1 Å². The molecule has 0 aliphatic rings. The minimum absolute atomic E-state index is 0.0191. The largest absolute Gasteiger partial charge is 0.476 e. The number of rotatable bonds is 3. The second kappa shape index (κ2) is 3.70. The maximum absolute atomic E-state index is 10.8. The summed E-state index contributed by atoms with van der Waals surface area (Å²) in [5, 5.41) is 16.3. The molecule has 0 fully saturated rings. The lowest BCUT2D eigenvalue weighted by molar-refractivity contribution is 0.0692. The molecule has 0 unspecified atom stereocenters. The Kier molecular flexibility index (Phi) is 2.38. The summed E-state index contributed by atoms with van der Waals surface area (Å²) in [5.74, 6) is -0.445. The summed E-state index contributed by atoms with van der Waals surface area (Å²) in [4.78, 5) is 14.5. The summed E-state index contributed by atoms with van der Waals surface area (Å²) in [6.07, 6.45) is 1.77. The monoisotopic (exact) mass is 224 g/mol. The maximum atomic E-state index is 10.8. The van der Waals surface area contributed by atoms with E-state index in [1.807, 2.05) is 0 Å². The highest BCUT2D eigenvalue weighted by Gasteiger charge is 2.13. The van der Waals surface area contributed by atoms with Crippen molar-refractivity contribution in [1.29, 1.82) is 0 Å². The standard InChI is InChI=1S/C8H8N4O2S/c1-12-3-2-5(11-12)10-7-6(8(13)14)9-4-15-7/h2-4H,1H3,(H,10,11)(H,13,14). The van der Waals surface area contributed by atoms with E-state index in [2.05, 4.69) is 15.4 Å². The average Bonchev–Trinajstić information content (AvgIpc) is 2.75. The molecule has 0 aliphatic heterocycles. The molecule has 7 heteroatoms. The fourth-order valence-corrected chi connectivity index (χ4v) is 1.76. The zero-order valence-electron chi connectivity index (χ0n) is 7.84. The Morgan fingerprint density at radius 3 is 3.07 bits per heavy atom. The van der Waals surface area contributed by atoms with Gasteiger partial charge in [0.1, 0.15) is 5.00 Å². The lowest BCUT2D eigenvalue weighted by Crippen LogP contribution is -2.01. The molecule has 0 saturated heterocycles. The van der Waals surface area contributed by atoms with E-state index >= 15 is 0 Å². The first kappa shape index (κ1) is 9.66. The number of aromatic nitrogens is 3. The molecule has 0 bridgehead atoms. The van der Waals surface area contributed by atoms with E-state index in [1.54, 1.807) is 24.0 Å². The summed E-state index contributed by atoms with van der Waals surface area (Å²) in [6, 6.07) is 1.76. The number of carbonyl (C=O) groups is 1. The van der Waals surface area contributed by atoms with Gasteiger partial charge in [-0.2, -0.15) is 5.10 Å². The van der Waals surface area contributed by atoms with E-state index in [-0.39, 0.29) is 5.69 Å². The van der Waals surface area contributed by atoms with E-state index < -0.39 is 5.97 Å². The molecule has 0 saturated carbocycles. The number of aryl methyl sites for hydroxylation is 1. The van der Waals surface area contributed by atoms with Crippen LogP contribution in [0, 0.1) is 0 Å². The van der Waals surface area contributed by atoms with Crippen LogP contribution in [-0.2, 0) is 7.05 Å². The molecule has 2 rings (SSSR count). The van der Waals surface area contributed by atoms with Gasteiger partial charge in [-0.1, -0.05) is 0 Å². The normalized spacial score (nSPS) is 10.2. The van der Waals surface area contributed by atoms with Gasteiger partial charge in [-0.05, 0) is 0 Å². The molecule has 2 heterocycles.